The summed E-state index contributed by atoms with van der Waals surface area (Å²) in [5.41, 5.74) is 6.04. The molecule has 2 N–H and O–H groups in total. The largest absolute Gasteiger partial charge is 0.459 e. The molecule has 0 unspecified atom stereocenters. The van der Waals surface area contributed by atoms with Crippen LogP contribution in [0.3, 0.4) is 0 Å². The van der Waals surface area contributed by atoms with E-state index in [0.29, 0.717) is 10.6 Å². The van der Waals surface area contributed by atoms with Crippen LogP contribution in [-0.4, -0.2) is 32.0 Å². The number of hydrogen-bond donors (Lipinski definition) is 1. The topological polar surface area (TPSA) is 61.5 Å². The average Bonchev–Trinajstić information content (AvgIpc) is 2.57. The molecule has 0 saturated heterocycles. The second kappa shape index (κ2) is 6.05. The first kappa shape index (κ1) is 14.8. The number of rotatable bonds is 5. The SMILES string of the molecule is Cc1sc(C(=O)OCCOCC(F)(F)F)cc1N. The first-order valence-corrected chi connectivity index (χ1v) is 5.79. The summed E-state index contributed by atoms with van der Waals surface area (Å²) < 4.78 is 44.2. The minimum absolute atomic E-state index is 0.230. The number of carbonyl (C=O) groups excluding carboxylic acids is 1. The van der Waals surface area contributed by atoms with Gasteiger partial charge in [0.25, 0.3) is 0 Å². The lowest BCUT2D eigenvalue weighted by molar-refractivity contribution is -0.175. The Morgan fingerprint density at radius 3 is 2.61 bits per heavy atom. The number of nitrogen functional groups attached to an aromatic ring is 1. The van der Waals surface area contributed by atoms with E-state index in [1.54, 1.807) is 6.92 Å². The smallest absolute Gasteiger partial charge is 0.411 e. The Morgan fingerprint density at radius 1 is 1.44 bits per heavy atom. The number of carbonyl (C=O) groups is 1. The van der Waals surface area contributed by atoms with Crippen LogP contribution in [0.2, 0.25) is 0 Å². The van der Waals surface area contributed by atoms with Crippen molar-refractivity contribution in [2.24, 2.45) is 0 Å². The molecule has 0 fully saturated rings. The molecular weight excluding hydrogens is 271 g/mol. The number of thiophene rings is 1. The van der Waals surface area contributed by atoms with E-state index in [4.69, 9.17) is 10.5 Å². The van der Waals surface area contributed by atoms with Crippen LogP contribution in [0.4, 0.5) is 18.9 Å². The molecule has 1 rings (SSSR count). The van der Waals surface area contributed by atoms with E-state index in [-0.39, 0.29) is 13.2 Å². The zero-order chi connectivity index (χ0) is 13.8. The predicted molar refractivity (Wildman–Crippen MR) is 60.6 cm³/mol. The van der Waals surface area contributed by atoms with Gasteiger partial charge in [0, 0.05) is 10.6 Å². The van der Waals surface area contributed by atoms with Gasteiger partial charge >= 0.3 is 12.1 Å². The van der Waals surface area contributed by atoms with Gasteiger partial charge in [-0.05, 0) is 13.0 Å². The van der Waals surface area contributed by atoms with E-state index >= 15 is 0 Å². The first-order chi connectivity index (χ1) is 8.29. The summed E-state index contributed by atoms with van der Waals surface area (Å²) in [6.07, 6.45) is -4.37. The van der Waals surface area contributed by atoms with Crippen molar-refractivity contribution in [1.82, 2.24) is 0 Å². The number of esters is 1. The van der Waals surface area contributed by atoms with Crippen LogP contribution < -0.4 is 5.73 Å². The summed E-state index contributed by atoms with van der Waals surface area (Å²) in [5, 5.41) is 0. The molecule has 1 heterocycles. The van der Waals surface area contributed by atoms with Crippen LogP contribution in [0.25, 0.3) is 0 Å². The summed E-state index contributed by atoms with van der Waals surface area (Å²) in [6, 6.07) is 1.47. The highest BCUT2D eigenvalue weighted by Gasteiger charge is 2.27. The van der Waals surface area contributed by atoms with Gasteiger partial charge in [-0.1, -0.05) is 0 Å². The molecule has 1 aromatic heterocycles. The Morgan fingerprint density at radius 2 is 2.11 bits per heavy atom. The van der Waals surface area contributed by atoms with Crippen molar-refractivity contribution in [3.05, 3.63) is 15.8 Å². The Balaban J connectivity index is 2.26. The van der Waals surface area contributed by atoms with Crippen molar-refractivity contribution in [2.45, 2.75) is 13.1 Å². The van der Waals surface area contributed by atoms with Gasteiger partial charge in [0.15, 0.2) is 0 Å². The minimum Gasteiger partial charge on any atom is -0.459 e. The summed E-state index contributed by atoms with van der Waals surface area (Å²) in [5.74, 6) is -0.615. The Kier molecular flexibility index (Phi) is 4.97. The van der Waals surface area contributed by atoms with Gasteiger partial charge in [-0.3, -0.25) is 0 Å². The molecule has 1 aromatic rings. The van der Waals surface area contributed by atoms with E-state index in [0.717, 1.165) is 4.88 Å². The van der Waals surface area contributed by atoms with Crippen LogP contribution in [0.1, 0.15) is 14.5 Å². The summed E-state index contributed by atoms with van der Waals surface area (Å²) in [6.45, 7) is -0.129. The van der Waals surface area contributed by atoms with E-state index in [1.165, 1.54) is 17.4 Å². The normalized spacial score (nSPS) is 11.6. The number of nitrogens with two attached hydrogens (primary N) is 1. The van der Waals surface area contributed by atoms with Crippen LogP contribution in [-0.2, 0) is 9.47 Å². The number of anilines is 1. The highest BCUT2D eigenvalue weighted by atomic mass is 32.1. The molecule has 0 radical (unpaired) electrons. The van der Waals surface area contributed by atoms with Crippen molar-refractivity contribution >= 4 is 23.0 Å². The second-order valence-corrected chi connectivity index (χ2v) is 4.68. The van der Waals surface area contributed by atoms with Gasteiger partial charge in [0.1, 0.15) is 18.1 Å². The third-order valence-electron chi connectivity index (χ3n) is 1.88. The molecule has 8 heteroatoms. The standard InChI is InChI=1S/C10H12F3NO3S/c1-6-7(14)4-8(18-6)9(15)17-3-2-16-5-10(11,12)13/h4H,2-3,5,14H2,1H3. The fourth-order valence-electron chi connectivity index (χ4n) is 1.05. The lowest BCUT2D eigenvalue weighted by Gasteiger charge is -2.07. The number of hydrogen-bond acceptors (Lipinski definition) is 5. The highest BCUT2D eigenvalue weighted by Crippen LogP contribution is 2.23. The molecule has 0 aliphatic carbocycles. The van der Waals surface area contributed by atoms with Crippen LogP contribution in [0.5, 0.6) is 0 Å². The molecule has 102 valence electrons. The quantitative estimate of drug-likeness (QED) is 0.665. The zero-order valence-electron chi connectivity index (χ0n) is 9.54. The third kappa shape index (κ3) is 4.92. The van der Waals surface area contributed by atoms with Crippen LogP contribution in [0, 0.1) is 6.92 Å². The molecule has 18 heavy (non-hydrogen) atoms. The third-order valence-corrected chi connectivity index (χ3v) is 2.93. The van der Waals surface area contributed by atoms with Crippen molar-refractivity contribution in [3.8, 4) is 0 Å². The average molecular weight is 283 g/mol. The lowest BCUT2D eigenvalue weighted by Crippen LogP contribution is -2.19. The highest BCUT2D eigenvalue weighted by molar-refractivity contribution is 7.14. The van der Waals surface area contributed by atoms with E-state index < -0.39 is 18.8 Å². The maximum Gasteiger partial charge on any atom is 0.411 e. The molecular formula is C10H12F3NO3S. The number of halogens is 3. The zero-order valence-corrected chi connectivity index (χ0v) is 10.4. The Labute approximate surface area is 105 Å². The first-order valence-electron chi connectivity index (χ1n) is 4.97. The van der Waals surface area contributed by atoms with Gasteiger partial charge in [-0.25, -0.2) is 4.79 Å². The molecule has 0 atom stereocenters. The monoisotopic (exact) mass is 283 g/mol. The Bertz CT molecular complexity index is 397. The molecule has 4 nitrogen and oxygen atoms in total. The van der Waals surface area contributed by atoms with Gasteiger partial charge in [-0.15, -0.1) is 11.3 Å². The van der Waals surface area contributed by atoms with Crippen molar-refractivity contribution in [3.63, 3.8) is 0 Å². The predicted octanol–water partition coefficient (Wildman–Crippen LogP) is 2.37. The van der Waals surface area contributed by atoms with Gasteiger partial charge in [-0.2, -0.15) is 13.2 Å². The summed E-state index contributed by atoms with van der Waals surface area (Å²) in [4.78, 5) is 12.5. The van der Waals surface area contributed by atoms with Crippen molar-refractivity contribution < 1.29 is 27.4 Å². The Hall–Kier alpha value is -1.28. The molecule has 0 aliphatic rings. The number of alkyl halides is 3. The van der Waals surface area contributed by atoms with Crippen LogP contribution >= 0.6 is 11.3 Å². The molecule has 0 amide bonds. The molecule has 0 aliphatic heterocycles. The van der Waals surface area contributed by atoms with E-state index in [1.807, 2.05) is 0 Å². The maximum atomic E-state index is 11.7. The van der Waals surface area contributed by atoms with Gasteiger partial charge in [0.05, 0.1) is 6.61 Å². The van der Waals surface area contributed by atoms with E-state index in [9.17, 15) is 18.0 Å². The van der Waals surface area contributed by atoms with Crippen LogP contribution in [0.15, 0.2) is 6.07 Å². The van der Waals surface area contributed by atoms with Gasteiger partial charge in [0.2, 0.25) is 0 Å². The minimum atomic E-state index is -4.37. The molecule has 0 aromatic carbocycles. The van der Waals surface area contributed by atoms with Gasteiger partial charge < -0.3 is 15.2 Å². The summed E-state index contributed by atoms with van der Waals surface area (Å²) in [7, 11) is 0. The summed E-state index contributed by atoms with van der Waals surface area (Å²) >= 11 is 1.17. The second-order valence-electron chi connectivity index (χ2n) is 3.43. The lowest BCUT2D eigenvalue weighted by atomic mass is 10.4. The van der Waals surface area contributed by atoms with E-state index in [2.05, 4.69) is 4.74 Å². The fourth-order valence-corrected chi connectivity index (χ4v) is 1.88. The number of ether oxygens (including phenoxy) is 2. The maximum absolute atomic E-state index is 11.7. The molecule has 0 spiro atoms. The van der Waals surface area contributed by atoms with Crippen molar-refractivity contribution in [1.29, 1.82) is 0 Å². The number of aryl methyl sites for hydroxylation is 1. The molecule has 0 bridgehead atoms. The fraction of sp³-hybridized carbons (Fsp3) is 0.500. The van der Waals surface area contributed by atoms with Crippen molar-refractivity contribution in [2.75, 3.05) is 25.6 Å². The molecule has 0 saturated carbocycles.